The highest BCUT2D eigenvalue weighted by Crippen LogP contribution is 2.16. The molecular weight excluding hydrogens is 276 g/mol. The standard InChI is InChI=1S/C13H18N4O2S/c1-3-17-9-13(15-10-17)20(18,19)16(2)8-11-5-4-6-12(14)7-11/h4-7,9-10H,3,8,14H2,1-2H3. The van der Waals surface area contributed by atoms with Gasteiger partial charge in [-0.2, -0.15) is 4.31 Å². The van der Waals surface area contributed by atoms with E-state index in [1.807, 2.05) is 13.0 Å². The lowest BCUT2D eigenvalue weighted by molar-refractivity contribution is 0.464. The van der Waals surface area contributed by atoms with Gasteiger partial charge in [-0.15, -0.1) is 0 Å². The number of benzene rings is 1. The molecule has 2 N–H and O–H groups in total. The molecular formula is C13H18N4O2S. The summed E-state index contributed by atoms with van der Waals surface area (Å²) < 4.78 is 27.7. The zero-order valence-corrected chi connectivity index (χ0v) is 12.3. The number of aromatic nitrogens is 2. The van der Waals surface area contributed by atoms with Crippen molar-refractivity contribution in [1.82, 2.24) is 13.9 Å². The van der Waals surface area contributed by atoms with Crippen LogP contribution in [0.15, 0.2) is 41.8 Å². The van der Waals surface area contributed by atoms with Gasteiger partial charge < -0.3 is 10.3 Å². The van der Waals surface area contributed by atoms with Gasteiger partial charge in [0.25, 0.3) is 10.0 Å². The molecule has 0 bridgehead atoms. The van der Waals surface area contributed by atoms with Crippen molar-refractivity contribution in [2.45, 2.75) is 25.0 Å². The van der Waals surface area contributed by atoms with Crippen LogP contribution >= 0.6 is 0 Å². The lowest BCUT2D eigenvalue weighted by Crippen LogP contribution is -2.26. The Hall–Kier alpha value is -1.86. The molecule has 1 aromatic carbocycles. The zero-order chi connectivity index (χ0) is 14.8. The van der Waals surface area contributed by atoms with Crippen LogP contribution in [0.2, 0.25) is 0 Å². The Kier molecular flexibility index (Phi) is 4.10. The summed E-state index contributed by atoms with van der Waals surface area (Å²) in [5, 5.41) is 0.0609. The van der Waals surface area contributed by atoms with E-state index in [9.17, 15) is 8.42 Å². The van der Waals surface area contributed by atoms with Gasteiger partial charge in [0, 0.05) is 32.0 Å². The Labute approximate surface area is 118 Å². The fourth-order valence-electron chi connectivity index (χ4n) is 1.84. The van der Waals surface area contributed by atoms with E-state index in [4.69, 9.17) is 5.73 Å². The van der Waals surface area contributed by atoms with E-state index >= 15 is 0 Å². The van der Waals surface area contributed by atoms with E-state index in [0.717, 1.165) is 5.56 Å². The van der Waals surface area contributed by atoms with Gasteiger partial charge in [0.1, 0.15) is 0 Å². The SMILES string of the molecule is CCn1cnc(S(=O)(=O)N(C)Cc2cccc(N)c2)c1. The van der Waals surface area contributed by atoms with Crippen molar-refractivity contribution >= 4 is 15.7 Å². The number of nitrogen functional groups attached to an aromatic ring is 1. The van der Waals surface area contributed by atoms with E-state index in [-0.39, 0.29) is 11.6 Å². The molecule has 0 spiro atoms. The summed E-state index contributed by atoms with van der Waals surface area (Å²) in [6.45, 7) is 2.86. The molecule has 108 valence electrons. The van der Waals surface area contributed by atoms with Crippen molar-refractivity contribution in [3.63, 3.8) is 0 Å². The number of hydrogen-bond donors (Lipinski definition) is 1. The number of rotatable bonds is 5. The number of anilines is 1. The summed E-state index contributed by atoms with van der Waals surface area (Å²) in [7, 11) is -2.05. The number of nitrogens with two attached hydrogens (primary N) is 1. The first-order valence-corrected chi connectivity index (χ1v) is 7.70. The molecule has 0 aliphatic rings. The van der Waals surface area contributed by atoms with Crippen molar-refractivity contribution in [1.29, 1.82) is 0 Å². The topological polar surface area (TPSA) is 81.2 Å². The van der Waals surface area contributed by atoms with Gasteiger partial charge in [0.2, 0.25) is 0 Å². The minimum Gasteiger partial charge on any atom is -0.399 e. The van der Waals surface area contributed by atoms with Crippen LogP contribution in [0, 0.1) is 0 Å². The van der Waals surface area contributed by atoms with E-state index < -0.39 is 10.0 Å². The molecule has 2 rings (SSSR count). The highest BCUT2D eigenvalue weighted by molar-refractivity contribution is 7.89. The summed E-state index contributed by atoms with van der Waals surface area (Å²) >= 11 is 0. The van der Waals surface area contributed by atoms with E-state index in [2.05, 4.69) is 4.98 Å². The van der Waals surface area contributed by atoms with Crippen molar-refractivity contribution in [2.75, 3.05) is 12.8 Å². The largest absolute Gasteiger partial charge is 0.399 e. The third-order valence-electron chi connectivity index (χ3n) is 3.01. The molecule has 0 radical (unpaired) electrons. The second-order valence-corrected chi connectivity index (χ2v) is 6.54. The first-order chi connectivity index (χ1) is 9.43. The lowest BCUT2D eigenvalue weighted by Gasteiger charge is -2.15. The Morgan fingerprint density at radius 1 is 1.40 bits per heavy atom. The predicted molar refractivity (Wildman–Crippen MR) is 77.4 cm³/mol. The Bertz CT molecular complexity index is 694. The first kappa shape index (κ1) is 14.5. The predicted octanol–water partition coefficient (Wildman–Crippen LogP) is 1.31. The van der Waals surface area contributed by atoms with Crippen molar-refractivity contribution in [3.8, 4) is 0 Å². The maximum absolute atomic E-state index is 12.4. The zero-order valence-electron chi connectivity index (χ0n) is 11.5. The smallest absolute Gasteiger partial charge is 0.262 e. The molecule has 6 nitrogen and oxygen atoms in total. The number of sulfonamides is 1. The quantitative estimate of drug-likeness (QED) is 0.843. The molecule has 0 unspecified atom stereocenters. The molecule has 20 heavy (non-hydrogen) atoms. The summed E-state index contributed by atoms with van der Waals surface area (Å²) in [6, 6.07) is 7.17. The maximum atomic E-state index is 12.4. The average molecular weight is 294 g/mol. The van der Waals surface area contributed by atoms with Gasteiger partial charge >= 0.3 is 0 Å². The highest BCUT2D eigenvalue weighted by Gasteiger charge is 2.23. The molecule has 0 amide bonds. The Morgan fingerprint density at radius 3 is 2.75 bits per heavy atom. The highest BCUT2D eigenvalue weighted by atomic mass is 32.2. The van der Waals surface area contributed by atoms with Crippen LogP contribution in [0.5, 0.6) is 0 Å². The van der Waals surface area contributed by atoms with Crippen LogP contribution in [0.3, 0.4) is 0 Å². The summed E-state index contributed by atoms with van der Waals surface area (Å²) in [6.07, 6.45) is 3.05. The van der Waals surface area contributed by atoms with Gasteiger partial charge in [-0.25, -0.2) is 13.4 Å². The summed E-state index contributed by atoms with van der Waals surface area (Å²) in [5.74, 6) is 0. The van der Waals surface area contributed by atoms with Crippen LogP contribution in [-0.2, 0) is 23.1 Å². The minimum absolute atomic E-state index is 0.0609. The molecule has 0 fully saturated rings. The molecule has 7 heteroatoms. The normalized spacial score (nSPS) is 11.9. The van der Waals surface area contributed by atoms with Crippen molar-refractivity contribution in [3.05, 3.63) is 42.4 Å². The lowest BCUT2D eigenvalue weighted by atomic mass is 10.2. The molecule has 1 heterocycles. The van der Waals surface area contributed by atoms with Crippen LogP contribution in [-0.4, -0.2) is 29.3 Å². The molecule has 1 aromatic heterocycles. The van der Waals surface area contributed by atoms with Gasteiger partial charge in [-0.3, -0.25) is 0 Å². The second kappa shape index (κ2) is 5.64. The van der Waals surface area contributed by atoms with Gasteiger partial charge in [-0.1, -0.05) is 12.1 Å². The first-order valence-electron chi connectivity index (χ1n) is 6.26. The Morgan fingerprint density at radius 2 is 2.15 bits per heavy atom. The number of aryl methyl sites for hydroxylation is 1. The van der Waals surface area contributed by atoms with Gasteiger partial charge in [0.05, 0.1) is 6.33 Å². The van der Waals surface area contributed by atoms with Crippen molar-refractivity contribution < 1.29 is 8.42 Å². The molecule has 0 saturated carbocycles. The van der Waals surface area contributed by atoms with E-state index in [0.29, 0.717) is 12.2 Å². The van der Waals surface area contributed by atoms with E-state index in [1.54, 1.807) is 22.8 Å². The van der Waals surface area contributed by atoms with Gasteiger partial charge in [0.15, 0.2) is 5.03 Å². The fourth-order valence-corrected chi connectivity index (χ4v) is 2.93. The minimum atomic E-state index is -3.58. The second-order valence-electron chi connectivity index (χ2n) is 4.55. The van der Waals surface area contributed by atoms with Crippen LogP contribution < -0.4 is 5.73 Å². The number of imidazole rings is 1. The van der Waals surface area contributed by atoms with Crippen LogP contribution in [0.4, 0.5) is 5.69 Å². The van der Waals surface area contributed by atoms with Crippen LogP contribution in [0.25, 0.3) is 0 Å². The Balaban J connectivity index is 2.21. The summed E-state index contributed by atoms with van der Waals surface area (Å²) in [5.41, 5.74) is 7.15. The number of hydrogen-bond acceptors (Lipinski definition) is 4. The summed E-state index contributed by atoms with van der Waals surface area (Å²) in [4.78, 5) is 3.95. The number of nitrogens with zero attached hydrogens (tertiary/aromatic N) is 3. The van der Waals surface area contributed by atoms with Gasteiger partial charge in [-0.05, 0) is 24.6 Å². The maximum Gasteiger partial charge on any atom is 0.262 e. The third kappa shape index (κ3) is 3.00. The molecule has 0 aliphatic heterocycles. The molecule has 0 aliphatic carbocycles. The van der Waals surface area contributed by atoms with Crippen LogP contribution in [0.1, 0.15) is 12.5 Å². The van der Waals surface area contributed by atoms with E-state index in [1.165, 1.54) is 23.9 Å². The fraction of sp³-hybridized carbons (Fsp3) is 0.308. The molecule has 0 saturated heterocycles. The molecule has 2 aromatic rings. The molecule has 0 atom stereocenters. The average Bonchev–Trinajstić information content (AvgIpc) is 2.88. The monoisotopic (exact) mass is 294 g/mol. The third-order valence-corrected chi connectivity index (χ3v) is 4.69. The van der Waals surface area contributed by atoms with Crippen molar-refractivity contribution in [2.24, 2.45) is 0 Å².